The number of hydrogen-bond acceptors (Lipinski definition) is 6. The molecule has 10 heteroatoms. The highest BCUT2D eigenvalue weighted by molar-refractivity contribution is 5.70. The van der Waals surface area contributed by atoms with Crippen LogP contribution in [0.3, 0.4) is 0 Å². The maximum Gasteiger partial charge on any atom is 0.411 e. The van der Waals surface area contributed by atoms with E-state index in [0.29, 0.717) is 6.61 Å². The van der Waals surface area contributed by atoms with Gasteiger partial charge in [0, 0.05) is 14.0 Å². The predicted molar refractivity (Wildman–Crippen MR) is 66.9 cm³/mol. The van der Waals surface area contributed by atoms with Crippen molar-refractivity contribution < 1.29 is 46.1 Å². The molecule has 0 aromatic rings. The lowest BCUT2D eigenvalue weighted by molar-refractivity contribution is -0.188. The fraction of sp³-hybridized carbons (Fsp3) is 0.833. The highest BCUT2D eigenvalue weighted by atomic mass is 19.4. The molecular weight excluding hydrogens is 316 g/mol. The van der Waals surface area contributed by atoms with Crippen LogP contribution in [0.25, 0.3) is 0 Å². The maximum atomic E-state index is 11.6. The molecule has 0 radical (unpaired) electrons. The fourth-order valence-corrected chi connectivity index (χ4v) is 0.797. The van der Waals surface area contributed by atoms with Gasteiger partial charge in [-0.05, 0) is 6.92 Å². The zero-order chi connectivity index (χ0) is 17.6. The molecule has 0 aromatic carbocycles. The lowest BCUT2D eigenvalue weighted by atomic mass is 10.4. The van der Waals surface area contributed by atoms with Crippen molar-refractivity contribution in [3.8, 4) is 0 Å². The molecule has 0 aliphatic carbocycles. The highest BCUT2D eigenvalue weighted by Gasteiger charge is 2.28. The molecule has 0 fully saturated rings. The van der Waals surface area contributed by atoms with Crippen LogP contribution < -0.4 is 0 Å². The van der Waals surface area contributed by atoms with Gasteiger partial charge in [-0.3, -0.25) is 4.79 Å². The standard InChI is InChI=1S/C7H11F3O3.C5H9FO3/c1-5(3-12-6(2)11)13-4-7(8,9)10;1-8-2-3-9-5(7)4-6/h5H,3-4H2,1-2H3;2-4H2,1H3. The van der Waals surface area contributed by atoms with E-state index < -0.39 is 37.5 Å². The molecule has 0 aromatic heterocycles. The zero-order valence-electron chi connectivity index (χ0n) is 12.6. The summed E-state index contributed by atoms with van der Waals surface area (Å²) < 4.78 is 63.7. The third-order valence-corrected chi connectivity index (χ3v) is 1.71. The number of rotatable bonds is 8. The number of halogens is 4. The van der Waals surface area contributed by atoms with Gasteiger partial charge in [0.15, 0.2) is 6.67 Å². The van der Waals surface area contributed by atoms with Crippen LogP contribution in [0, 0.1) is 0 Å². The quantitative estimate of drug-likeness (QED) is 0.381. The third kappa shape index (κ3) is 20.9. The number of hydrogen-bond donors (Lipinski definition) is 0. The Morgan fingerprint density at radius 3 is 2.14 bits per heavy atom. The molecule has 0 N–H and O–H groups in total. The van der Waals surface area contributed by atoms with Crippen LogP contribution in [0.15, 0.2) is 0 Å². The lowest BCUT2D eigenvalue weighted by Gasteiger charge is -2.13. The molecule has 0 aliphatic rings. The number of methoxy groups -OCH3 is 1. The van der Waals surface area contributed by atoms with Gasteiger partial charge >= 0.3 is 18.1 Å². The van der Waals surface area contributed by atoms with Gasteiger partial charge in [-0.1, -0.05) is 0 Å². The van der Waals surface area contributed by atoms with E-state index in [1.807, 2.05) is 0 Å². The Hall–Kier alpha value is -1.42. The van der Waals surface area contributed by atoms with Crippen molar-refractivity contribution in [3.63, 3.8) is 0 Å². The summed E-state index contributed by atoms with van der Waals surface area (Å²) in [4.78, 5) is 20.3. The molecule has 0 heterocycles. The average molecular weight is 336 g/mol. The van der Waals surface area contributed by atoms with E-state index >= 15 is 0 Å². The van der Waals surface area contributed by atoms with E-state index in [1.54, 1.807) is 0 Å². The molecule has 1 atom stereocenters. The van der Waals surface area contributed by atoms with Gasteiger partial charge < -0.3 is 18.9 Å². The second kappa shape index (κ2) is 13.3. The molecule has 22 heavy (non-hydrogen) atoms. The van der Waals surface area contributed by atoms with Gasteiger partial charge in [0.25, 0.3) is 0 Å². The Bertz CT molecular complexity index is 308. The van der Waals surface area contributed by atoms with Crippen LogP contribution in [-0.4, -0.2) is 64.4 Å². The molecule has 6 nitrogen and oxygen atoms in total. The topological polar surface area (TPSA) is 71.1 Å². The third-order valence-electron chi connectivity index (χ3n) is 1.71. The summed E-state index contributed by atoms with van der Waals surface area (Å²) in [6.07, 6.45) is -5.09. The summed E-state index contributed by atoms with van der Waals surface area (Å²) in [6.45, 7) is 0.459. The molecule has 0 aliphatic heterocycles. The van der Waals surface area contributed by atoms with Crippen molar-refractivity contribution in [3.05, 3.63) is 0 Å². The van der Waals surface area contributed by atoms with Gasteiger partial charge in [-0.25, -0.2) is 9.18 Å². The van der Waals surface area contributed by atoms with Crippen molar-refractivity contribution in [1.29, 1.82) is 0 Å². The van der Waals surface area contributed by atoms with Crippen LogP contribution in [0.1, 0.15) is 13.8 Å². The minimum absolute atomic E-state index is 0.124. The predicted octanol–water partition coefficient (Wildman–Crippen LogP) is 1.66. The van der Waals surface area contributed by atoms with E-state index in [2.05, 4.69) is 18.9 Å². The molecule has 0 bridgehead atoms. The average Bonchev–Trinajstić information content (AvgIpc) is 2.42. The number of ether oxygens (including phenoxy) is 4. The van der Waals surface area contributed by atoms with Gasteiger partial charge in [0.2, 0.25) is 0 Å². The maximum absolute atomic E-state index is 11.6. The molecule has 1 unspecified atom stereocenters. The summed E-state index contributed by atoms with van der Waals surface area (Å²) in [7, 11) is 1.48. The first-order valence-electron chi connectivity index (χ1n) is 6.14. The summed E-state index contributed by atoms with van der Waals surface area (Å²) >= 11 is 0. The number of alkyl halides is 4. The Balaban J connectivity index is 0. The van der Waals surface area contributed by atoms with Crippen LogP contribution >= 0.6 is 0 Å². The monoisotopic (exact) mass is 336 g/mol. The van der Waals surface area contributed by atoms with E-state index in [4.69, 9.17) is 0 Å². The summed E-state index contributed by atoms with van der Waals surface area (Å²) in [5.41, 5.74) is 0. The van der Waals surface area contributed by atoms with Gasteiger partial charge in [0.1, 0.15) is 19.8 Å². The normalized spacial score (nSPS) is 12.0. The Kier molecular flexibility index (Phi) is 13.8. The minimum atomic E-state index is -4.34. The van der Waals surface area contributed by atoms with Crippen LogP contribution in [0.2, 0.25) is 0 Å². The number of carbonyl (C=O) groups excluding carboxylic acids is 2. The largest absolute Gasteiger partial charge is 0.463 e. The second-order valence-electron chi connectivity index (χ2n) is 3.89. The lowest BCUT2D eigenvalue weighted by Crippen LogP contribution is -2.25. The number of carbonyl (C=O) groups is 2. The second-order valence-corrected chi connectivity index (χ2v) is 3.89. The molecular formula is C12H20F4O6. The van der Waals surface area contributed by atoms with E-state index in [9.17, 15) is 27.2 Å². The van der Waals surface area contributed by atoms with Gasteiger partial charge in [0.05, 0.1) is 12.7 Å². The first kappa shape index (κ1) is 22.9. The zero-order valence-corrected chi connectivity index (χ0v) is 12.6. The highest BCUT2D eigenvalue weighted by Crippen LogP contribution is 2.15. The van der Waals surface area contributed by atoms with Crippen molar-refractivity contribution >= 4 is 11.9 Å². The van der Waals surface area contributed by atoms with Crippen LogP contribution in [0.4, 0.5) is 17.6 Å². The van der Waals surface area contributed by atoms with E-state index in [0.717, 1.165) is 0 Å². The van der Waals surface area contributed by atoms with Gasteiger partial charge in [-0.15, -0.1) is 0 Å². The molecule has 0 amide bonds. The first-order valence-corrected chi connectivity index (χ1v) is 6.14. The minimum Gasteiger partial charge on any atom is -0.463 e. The fourth-order valence-electron chi connectivity index (χ4n) is 0.797. The Morgan fingerprint density at radius 1 is 1.14 bits per heavy atom. The summed E-state index contributed by atoms with van der Waals surface area (Å²) in [5.74, 6) is -1.38. The Labute approximate surface area is 125 Å². The molecule has 0 rings (SSSR count). The van der Waals surface area contributed by atoms with Gasteiger partial charge in [-0.2, -0.15) is 13.2 Å². The van der Waals surface area contributed by atoms with Crippen molar-refractivity contribution in [1.82, 2.24) is 0 Å². The molecule has 0 spiro atoms. The molecule has 132 valence electrons. The molecule has 0 saturated heterocycles. The van der Waals surface area contributed by atoms with Crippen molar-refractivity contribution in [2.24, 2.45) is 0 Å². The van der Waals surface area contributed by atoms with Crippen molar-refractivity contribution in [2.45, 2.75) is 26.1 Å². The van der Waals surface area contributed by atoms with Crippen molar-refractivity contribution in [2.75, 3.05) is 40.2 Å². The smallest absolute Gasteiger partial charge is 0.411 e. The first-order chi connectivity index (χ1) is 10.1. The van der Waals surface area contributed by atoms with Crippen LogP contribution in [-0.2, 0) is 28.5 Å². The number of esters is 2. The van der Waals surface area contributed by atoms with E-state index in [1.165, 1.54) is 21.0 Å². The Morgan fingerprint density at radius 2 is 1.73 bits per heavy atom. The van der Waals surface area contributed by atoms with Crippen LogP contribution in [0.5, 0.6) is 0 Å². The molecule has 0 saturated carbocycles. The summed E-state index contributed by atoms with van der Waals surface area (Å²) in [6, 6.07) is 0. The SMILES string of the molecule is CC(=O)OCC(C)OCC(F)(F)F.COCCOC(=O)CF. The van der Waals surface area contributed by atoms with E-state index in [-0.39, 0.29) is 13.2 Å². The summed E-state index contributed by atoms with van der Waals surface area (Å²) in [5, 5.41) is 0.